The molecule has 21 heavy (non-hydrogen) atoms. The smallest absolute Gasteiger partial charge is 0.126 e. The quantitative estimate of drug-likeness (QED) is 0.900. The van der Waals surface area contributed by atoms with Crippen LogP contribution in [0.25, 0.3) is 0 Å². The number of rotatable bonds is 5. The summed E-state index contributed by atoms with van der Waals surface area (Å²) in [6.45, 7) is 11.6. The molecule has 1 aromatic rings. The number of aryl methyl sites for hydroxylation is 1. The highest BCUT2D eigenvalue weighted by Gasteiger charge is 2.21. The van der Waals surface area contributed by atoms with Gasteiger partial charge in [0.25, 0.3) is 0 Å². The van der Waals surface area contributed by atoms with Gasteiger partial charge in [-0.2, -0.15) is 0 Å². The second-order valence-corrected chi connectivity index (χ2v) is 6.00. The molecule has 0 aromatic heterocycles. The monoisotopic (exact) mass is 293 g/mol. The highest BCUT2D eigenvalue weighted by Crippen LogP contribution is 2.30. The largest absolute Gasteiger partial charge is 0.369 e. The van der Waals surface area contributed by atoms with Crippen LogP contribution in [0, 0.1) is 12.7 Å². The van der Waals surface area contributed by atoms with Crippen molar-refractivity contribution in [2.45, 2.75) is 33.2 Å². The molecule has 0 saturated carbocycles. The van der Waals surface area contributed by atoms with Crippen molar-refractivity contribution in [2.24, 2.45) is 0 Å². The summed E-state index contributed by atoms with van der Waals surface area (Å²) in [5.41, 5.74) is 2.98. The van der Waals surface area contributed by atoms with Crippen LogP contribution in [0.4, 0.5) is 10.1 Å². The van der Waals surface area contributed by atoms with E-state index in [2.05, 4.69) is 29.0 Å². The van der Waals surface area contributed by atoms with E-state index in [1.165, 1.54) is 18.7 Å². The average Bonchev–Trinajstić information content (AvgIpc) is 2.50. The molecule has 0 radical (unpaired) electrons. The van der Waals surface area contributed by atoms with E-state index in [9.17, 15) is 4.39 Å². The lowest BCUT2D eigenvalue weighted by Crippen LogP contribution is -2.47. The molecule has 1 fully saturated rings. The normalized spacial score (nSPS) is 18.0. The SMILES string of the molecule is CCCN1CCN(c2cc(C)c(F)cc2C(C)NC)CC1. The van der Waals surface area contributed by atoms with E-state index in [0.29, 0.717) is 0 Å². The number of nitrogens with one attached hydrogen (secondary N) is 1. The average molecular weight is 293 g/mol. The third-order valence-corrected chi connectivity index (χ3v) is 4.46. The molecule has 1 unspecified atom stereocenters. The van der Waals surface area contributed by atoms with Crippen molar-refractivity contribution in [1.82, 2.24) is 10.2 Å². The van der Waals surface area contributed by atoms with Gasteiger partial charge in [0.05, 0.1) is 0 Å². The van der Waals surface area contributed by atoms with E-state index >= 15 is 0 Å². The first kappa shape index (κ1) is 16.2. The Labute approximate surface area is 128 Å². The van der Waals surface area contributed by atoms with E-state index in [-0.39, 0.29) is 11.9 Å². The van der Waals surface area contributed by atoms with Gasteiger partial charge in [0.1, 0.15) is 5.82 Å². The van der Waals surface area contributed by atoms with Crippen LogP contribution in [0.3, 0.4) is 0 Å². The van der Waals surface area contributed by atoms with Crippen molar-refractivity contribution < 1.29 is 4.39 Å². The predicted octanol–water partition coefficient (Wildman–Crippen LogP) is 2.95. The molecule has 2 rings (SSSR count). The lowest BCUT2D eigenvalue weighted by atomic mass is 10.0. The maximum atomic E-state index is 13.9. The number of nitrogens with zero attached hydrogens (tertiary/aromatic N) is 2. The number of piperazine rings is 1. The van der Waals surface area contributed by atoms with Gasteiger partial charge in [-0.05, 0) is 57.1 Å². The summed E-state index contributed by atoms with van der Waals surface area (Å²) < 4.78 is 13.9. The summed E-state index contributed by atoms with van der Waals surface area (Å²) in [5, 5.41) is 3.23. The van der Waals surface area contributed by atoms with Crippen molar-refractivity contribution in [3.63, 3.8) is 0 Å². The minimum absolute atomic E-state index is 0.111. The van der Waals surface area contributed by atoms with Crippen LogP contribution >= 0.6 is 0 Å². The topological polar surface area (TPSA) is 18.5 Å². The van der Waals surface area contributed by atoms with Crippen molar-refractivity contribution in [3.8, 4) is 0 Å². The molecular weight excluding hydrogens is 265 g/mol. The number of hydrogen-bond donors (Lipinski definition) is 1. The fourth-order valence-corrected chi connectivity index (χ4v) is 2.99. The van der Waals surface area contributed by atoms with Crippen molar-refractivity contribution in [1.29, 1.82) is 0 Å². The van der Waals surface area contributed by atoms with Crippen LogP contribution in [-0.2, 0) is 0 Å². The van der Waals surface area contributed by atoms with E-state index in [4.69, 9.17) is 0 Å². The minimum Gasteiger partial charge on any atom is -0.369 e. The molecule has 0 aliphatic carbocycles. The third kappa shape index (κ3) is 3.74. The molecule has 0 bridgehead atoms. The number of halogens is 1. The predicted molar refractivity (Wildman–Crippen MR) is 87.6 cm³/mol. The molecule has 1 N–H and O–H groups in total. The van der Waals surface area contributed by atoms with Crippen LogP contribution in [0.15, 0.2) is 12.1 Å². The van der Waals surface area contributed by atoms with Crippen molar-refractivity contribution in [2.75, 3.05) is 44.7 Å². The zero-order chi connectivity index (χ0) is 15.4. The Hall–Kier alpha value is -1.13. The lowest BCUT2D eigenvalue weighted by molar-refractivity contribution is 0.258. The van der Waals surface area contributed by atoms with Gasteiger partial charge in [-0.1, -0.05) is 6.92 Å². The van der Waals surface area contributed by atoms with E-state index < -0.39 is 0 Å². The Morgan fingerprint density at radius 2 is 1.90 bits per heavy atom. The van der Waals surface area contributed by atoms with Gasteiger partial charge >= 0.3 is 0 Å². The Morgan fingerprint density at radius 1 is 1.24 bits per heavy atom. The van der Waals surface area contributed by atoms with Gasteiger partial charge in [0.2, 0.25) is 0 Å². The van der Waals surface area contributed by atoms with Crippen molar-refractivity contribution >= 4 is 5.69 Å². The fourth-order valence-electron chi connectivity index (χ4n) is 2.99. The Morgan fingerprint density at radius 3 is 2.48 bits per heavy atom. The summed E-state index contributed by atoms with van der Waals surface area (Å²) in [6.07, 6.45) is 1.21. The second kappa shape index (κ2) is 7.23. The summed E-state index contributed by atoms with van der Waals surface area (Å²) in [7, 11) is 1.92. The van der Waals surface area contributed by atoms with E-state index in [0.717, 1.165) is 37.3 Å². The second-order valence-electron chi connectivity index (χ2n) is 6.00. The van der Waals surface area contributed by atoms with Gasteiger partial charge in [-0.3, -0.25) is 4.90 Å². The molecule has 118 valence electrons. The highest BCUT2D eigenvalue weighted by molar-refractivity contribution is 5.57. The van der Waals surface area contributed by atoms with Gasteiger partial charge < -0.3 is 10.2 Å². The van der Waals surface area contributed by atoms with E-state index in [1.807, 2.05) is 20.0 Å². The first-order chi connectivity index (χ1) is 10.1. The molecule has 1 aliphatic rings. The summed E-state index contributed by atoms with van der Waals surface area (Å²) in [6, 6.07) is 3.86. The molecule has 1 atom stereocenters. The highest BCUT2D eigenvalue weighted by atomic mass is 19.1. The van der Waals surface area contributed by atoms with Gasteiger partial charge in [0, 0.05) is 37.9 Å². The number of anilines is 1. The Balaban J connectivity index is 2.21. The Kier molecular flexibility index (Phi) is 5.59. The minimum atomic E-state index is -0.111. The molecule has 1 saturated heterocycles. The molecule has 3 nitrogen and oxygen atoms in total. The molecule has 4 heteroatoms. The van der Waals surface area contributed by atoms with Crippen LogP contribution < -0.4 is 10.2 Å². The van der Waals surface area contributed by atoms with Crippen LogP contribution in [-0.4, -0.2) is 44.7 Å². The van der Waals surface area contributed by atoms with Gasteiger partial charge in [-0.15, -0.1) is 0 Å². The third-order valence-electron chi connectivity index (χ3n) is 4.46. The summed E-state index contributed by atoms with van der Waals surface area (Å²) in [4.78, 5) is 4.91. The number of hydrogen-bond acceptors (Lipinski definition) is 3. The maximum Gasteiger partial charge on any atom is 0.126 e. The fraction of sp³-hybridized carbons (Fsp3) is 0.647. The van der Waals surface area contributed by atoms with E-state index in [1.54, 1.807) is 6.07 Å². The zero-order valence-electron chi connectivity index (χ0n) is 13.7. The molecule has 0 spiro atoms. The Bertz CT molecular complexity index is 467. The molecule has 0 amide bonds. The van der Waals surface area contributed by atoms with Gasteiger partial charge in [0.15, 0.2) is 0 Å². The number of benzene rings is 1. The maximum absolute atomic E-state index is 13.9. The van der Waals surface area contributed by atoms with Crippen molar-refractivity contribution in [3.05, 3.63) is 29.1 Å². The zero-order valence-corrected chi connectivity index (χ0v) is 13.7. The summed E-state index contributed by atoms with van der Waals surface area (Å²) >= 11 is 0. The first-order valence-electron chi connectivity index (χ1n) is 8.01. The van der Waals surface area contributed by atoms with Crippen LogP contribution in [0.5, 0.6) is 0 Å². The first-order valence-corrected chi connectivity index (χ1v) is 8.01. The lowest BCUT2D eigenvalue weighted by Gasteiger charge is -2.37. The molecule has 1 heterocycles. The summed E-state index contributed by atoms with van der Waals surface area (Å²) in [5.74, 6) is -0.111. The van der Waals surface area contributed by atoms with Crippen LogP contribution in [0.1, 0.15) is 37.4 Å². The standard InChI is InChI=1S/C17H28FN3/c1-5-6-20-7-9-21(10-8-20)17-11-13(2)16(18)12-15(17)14(3)19-4/h11-12,14,19H,5-10H2,1-4H3. The van der Waals surface area contributed by atoms with Crippen LogP contribution in [0.2, 0.25) is 0 Å². The molecule has 1 aromatic carbocycles. The van der Waals surface area contributed by atoms with Gasteiger partial charge in [-0.25, -0.2) is 4.39 Å². The molecule has 1 aliphatic heterocycles. The molecular formula is C17H28FN3.